The fourth-order valence-electron chi connectivity index (χ4n) is 2.80. The monoisotopic (exact) mass is 419 g/mol. The first-order chi connectivity index (χ1) is 14.9. The smallest absolute Gasteiger partial charge is 0.262 e. The quantitative estimate of drug-likeness (QED) is 0.425. The second-order valence-electron chi connectivity index (χ2n) is 6.96. The van der Waals surface area contributed by atoms with Crippen molar-refractivity contribution in [3.63, 3.8) is 0 Å². The molecule has 8 nitrogen and oxygen atoms in total. The van der Waals surface area contributed by atoms with Gasteiger partial charge in [-0.2, -0.15) is 5.10 Å². The summed E-state index contributed by atoms with van der Waals surface area (Å²) in [6, 6.07) is 14.7. The average molecular weight is 419 g/mol. The SMILES string of the molecule is COc1cc(/C=N\Nc2nc(C)cc(C)n2)ccc1OCC(=O)Nc1ccc(C)cc1. The Balaban J connectivity index is 1.58. The fraction of sp³-hybridized carbons (Fsp3) is 0.217. The maximum Gasteiger partial charge on any atom is 0.262 e. The highest BCUT2D eigenvalue weighted by Crippen LogP contribution is 2.27. The van der Waals surface area contributed by atoms with Crippen molar-refractivity contribution >= 4 is 23.8 Å². The number of carbonyl (C=O) groups is 1. The van der Waals surface area contributed by atoms with E-state index in [9.17, 15) is 4.79 Å². The van der Waals surface area contributed by atoms with Crippen molar-refractivity contribution in [3.8, 4) is 11.5 Å². The van der Waals surface area contributed by atoms with Crippen LogP contribution in [-0.4, -0.2) is 35.8 Å². The molecule has 0 bridgehead atoms. The van der Waals surface area contributed by atoms with Crippen molar-refractivity contribution in [3.05, 3.63) is 71.0 Å². The molecule has 0 radical (unpaired) electrons. The molecule has 0 spiro atoms. The average Bonchev–Trinajstić information content (AvgIpc) is 2.73. The number of hydrazone groups is 1. The van der Waals surface area contributed by atoms with Gasteiger partial charge < -0.3 is 14.8 Å². The van der Waals surface area contributed by atoms with Gasteiger partial charge in [0.1, 0.15) is 0 Å². The summed E-state index contributed by atoms with van der Waals surface area (Å²) in [5, 5.41) is 6.96. The number of nitrogens with zero attached hydrogens (tertiary/aromatic N) is 3. The molecule has 8 heteroatoms. The summed E-state index contributed by atoms with van der Waals surface area (Å²) in [5.41, 5.74) is 7.16. The Hall–Kier alpha value is -3.94. The third kappa shape index (κ3) is 6.53. The molecule has 0 aliphatic carbocycles. The molecular formula is C23H25N5O3. The van der Waals surface area contributed by atoms with Crippen LogP contribution in [-0.2, 0) is 4.79 Å². The van der Waals surface area contributed by atoms with Gasteiger partial charge in [0.2, 0.25) is 5.95 Å². The zero-order chi connectivity index (χ0) is 22.2. The van der Waals surface area contributed by atoms with Gasteiger partial charge in [-0.25, -0.2) is 15.4 Å². The molecule has 160 valence electrons. The fourth-order valence-corrected chi connectivity index (χ4v) is 2.80. The second-order valence-corrected chi connectivity index (χ2v) is 6.96. The molecular weight excluding hydrogens is 394 g/mol. The topological polar surface area (TPSA) is 97.7 Å². The van der Waals surface area contributed by atoms with Crippen molar-refractivity contribution in [1.29, 1.82) is 0 Å². The van der Waals surface area contributed by atoms with E-state index in [1.54, 1.807) is 18.3 Å². The van der Waals surface area contributed by atoms with Crippen LogP contribution in [0.25, 0.3) is 0 Å². The number of nitrogens with one attached hydrogen (secondary N) is 2. The molecule has 0 aliphatic rings. The highest BCUT2D eigenvalue weighted by atomic mass is 16.5. The van der Waals surface area contributed by atoms with Gasteiger partial charge in [-0.05, 0) is 62.7 Å². The highest BCUT2D eigenvalue weighted by Gasteiger charge is 2.09. The lowest BCUT2D eigenvalue weighted by atomic mass is 10.2. The van der Waals surface area contributed by atoms with E-state index >= 15 is 0 Å². The Labute approximate surface area is 181 Å². The number of hydrogen-bond acceptors (Lipinski definition) is 7. The number of carbonyl (C=O) groups excluding carboxylic acids is 1. The molecule has 3 aromatic rings. The molecule has 0 saturated carbocycles. The first-order valence-electron chi connectivity index (χ1n) is 9.71. The van der Waals surface area contributed by atoms with E-state index < -0.39 is 0 Å². The number of ether oxygens (including phenoxy) is 2. The molecule has 0 unspecified atom stereocenters. The second kappa shape index (κ2) is 10.2. The van der Waals surface area contributed by atoms with E-state index in [0.717, 1.165) is 28.2 Å². The molecule has 31 heavy (non-hydrogen) atoms. The molecule has 0 aliphatic heterocycles. The number of aromatic nitrogens is 2. The number of rotatable bonds is 8. The van der Waals surface area contributed by atoms with Crippen LogP contribution in [0.3, 0.4) is 0 Å². The van der Waals surface area contributed by atoms with Gasteiger partial charge >= 0.3 is 0 Å². The molecule has 1 amide bonds. The van der Waals surface area contributed by atoms with Gasteiger partial charge in [0.25, 0.3) is 5.91 Å². The van der Waals surface area contributed by atoms with Crippen LogP contribution in [0.1, 0.15) is 22.5 Å². The minimum absolute atomic E-state index is 0.136. The zero-order valence-corrected chi connectivity index (χ0v) is 18.0. The molecule has 0 fully saturated rings. The van der Waals surface area contributed by atoms with E-state index in [0.29, 0.717) is 17.4 Å². The number of amides is 1. The number of aryl methyl sites for hydroxylation is 3. The number of methoxy groups -OCH3 is 1. The summed E-state index contributed by atoms with van der Waals surface area (Å²) in [5.74, 6) is 1.13. The summed E-state index contributed by atoms with van der Waals surface area (Å²) in [7, 11) is 1.54. The van der Waals surface area contributed by atoms with E-state index in [-0.39, 0.29) is 12.5 Å². The summed E-state index contributed by atoms with van der Waals surface area (Å²) in [4.78, 5) is 20.7. The van der Waals surface area contributed by atoms with Crippen LogP contribution in [0.5, 0.6) is 11.5 Å². The predicted octanol–water partition coefficient (Wildman–Crippen LogP) is 3.87. The van der Waals surface area contributed by atoms with E-state index in [2.05, 4.69) is 25.8 Å². The minimum Gasteiger partial charge on any atom is -0.493 e. The van der Waals surface area contributed by atoms with Gasteiger partial charge in [0.05, 0.1) is 13.3 Å². The Morgan fingerprint density at radius 1 is 1.00 bits per heavy atom. The Morgan fingerprint density at radius 3 is 2.39 bits per heavy atom. The summed E-state index contributed by atoms with van der Waals surface area (Å²) in [6.45, 7) is 5.65. The van der Waals surface area contributed by atoms with Crippen LogP contribution in [0, 0.1) is 20.8 Å². The van der Waals surface area contributed by atoms with Crippen LogP contribution < -0.4 is 20.2 Å². The molecule has 0 saturated heterocycles. The van der Waals surface area contributed by atoms with E-state index in [1.165, 1.54) is 7.11 Å². The molecule has 2 N–H and O–H groups in total. The Morgan fingerprint density at radius 2 is 1.71 bits per heavy atom. The summed E-state index contributed by atoms with van der Waals surface area (Å²) >= 11 is 0. The van der Waals surface area contributed by atoms with Gasteiger partial charge in [-0.1, -0.05) is 17.7 Å². The maximum absolute atomic E-state index is 12.1. The number of benzene rings is 2. The lowest BCUT2D eigenvalue weighted by Gasteiger charge is -2.11. The molecule has 3 rings (SSSR count). The Kier molecular flexibility index (Phi) is 7.16. The number of hydrogen-bond donors (Lipinski definition) is 2. The number of anilines is 2. The largest absolute Gasteiger partial charge is 0.493 e. The lowest BCUT2D eigenvalue weighted by molar-refractivity contribution is -0.118. The van der Waals surface area contributed by atoms with E-state index in [1.807, 2.05) is 57.2 Å². The van der Waals surface area contributed by atoms with Crippen molar-refractivity contribution < 1.29 is 14.3 Å². The molecule has 0 atom stereocenters. The van der Waals surface area contributed by atoms with Gasteiger partial charge in [0, 0.05) is 17.1 Å². The van der Waals surface area contributed by atoms with Crippen molar-refractivity contribution in [2.45, 2.75) is 20.8 Å². The Bertz CT molecular complexity index is 1060. The summed E-state index contributed by atoms with van der Waals surface area (Å²) < 4.78 is 11.0. The highest BCUT2D eigenvalue weighted by molar-refractivity contribution is 5.92. The normalized spacial score (nSPS) is 10.7. The van der Waals surface area contributed by atoms with Crippen LogP contribution in [0.2, 0.25) is 0 Å². The molecule has 1 heterocycles. The van der Waals surface area contributed by atoms with E-state index in [4.69, 9.17) is 9.47 Å². The third-order valence-electron chi connectivity index (χ3n) is 4.24. The van der Waals surface area contributed by atoms with Gasteiger partial charge in [-0.3, -0.25) is 4.79 Å². The van der Waals surface area contributed by atoms with Crippen LogP contribution in [0.15, 0.2) is 53.6 Å². The predicted molar refractivity (Wildman–Crippen MR) is 121 cm³/mol. The first-order valence-corrected chi connectivity index (χ1v) is 9.71. The molecule has 1 aromatic heterocycles. The van der Waals surface area contributed by atoms with Crippen molar-refractivity contribution in [2.75, 3.05) is 24.5 Å². The maximum atomic E-state index is 12.1. The minimum atomic E-state index is -0.255. The van der Waals surface area contributed by atoms with Crippen LogP contribution in [0.4, 0.5) is 11.6 Å². The van der Waals surface area contributed by atoms with Crippen LogP contribution >= 0.6 is 0 Å². The molecule has 2 aromatic carbocycles. The van der Waals surface area contributed by atoms with Crippen molar-refractivity contribution in [1.82, 2.24) is 9.97 Å². The standard InChI is InChI=1S/C23H25N5O3/c1-15-5-8-19(9-6-15)27-22(29)14-31-20-10-7-18(12-21(20)30-4)13-24-28-23-25-16(2)11-17(3)26-23/h5-13H,14H2,1-4H3,(H,27,29)(H,25,26,28)/b24-13-. The van der Waals surface area contributed by atoms with Crippen molar-refractivity contribution in [2.24, 2.45) is 5.10 Å². The van der Waals surface area contributed by atoms with Gasteiger partial charge in [-0.15, -0.1) is 0 Å². The summed E-state index contributed by atoms with van der Waals surface area (Å²) in [6.07, 6.45) is 1.62. The van der Waals surface area contributed by atoms with Gasteiger partial charge in [0.15, 0.2) is 18.1 Å². The zero-order valence-electron chi connectivity index (χ0n) is 18.0. The lowest BCUT2D eigenvalue weighted by Crippen LogP contribution is -2.20. The third-order valence-corrected chi connectivity index (χ3v) is 4.24. The first kappa shape index (κ1) is 21.8.